The van der Waals surface area contributed by atoms with Crippen LogP contribution in [0.2, 0.25) is 0 Å². The minimum Gasteiger partial charge on any atom is -0.497 e. The Hall–Kier alpha value is -2.48. The number of anilines is 1. The number of carbonyl (C=O) groups is 1. The summed E-state index contributed by atoms with van der Waals surface area (Å²) in [4.78, 5) is 14.0. The third-order valence-electron chi connectivity index (χ3n) is 4.75. The summed E-state index contributed by atoms with van der Waals surface area (Å²) in [5, 5.41) is 3.31. The van der Waals surface area contributed by atoms with Crippen LogP contribution < -0.4 is 14.8 Å². The predicted octanol–water partition coefficient (Wildman–Crippen LogP) is 6.01. The van der Waals surface area contributed by atoms with Gasteiger partial charge in [0.05, 0.1) is 25.4 Å². The Morgan fingerprint density at radius 2 is 1.87 bits per heavy atom. The van der Waals surface area contributed by atoms with Crippen LogP contribution in [-0.4, -0.2) is 49.0 Å². The van der Waals surface area contributed by atoms with E-state index in [1.165, 1.54) is 4.90 Å². The van der Waals surface area contributed by atoms with Crippen LogP contribution >= 0.6 is 15.9 Å². The number of rotatable bonds is 6. The smallest absolute Gasteiger partial charge is 0.410 e. The Morgan fingerprint density at radius 1 is 1.19 bits per heavy atom. The third kappa shape index (κ3) is 6.50. The molecule has 0 unspecified atom stereocenters. The van der Waals surface area contributed by atoms with Gasteiger partial charge >= 0.3 is 6.09 Å². The van der Waals surface area contributed by atoms with Gasteiger partial charge in [-0.15, -0.1) is 0 Å². The van der Waals surface area contributed by atoms with Crippen molar-refractivity contribution in [2.75, 3.05) is 25.5 Å². The van der Waals surface area contributed by atoms with Gasteiger partial charge in [-0.2, -0.15) is 0 Å². The van der Waals surface area contributed by atoms with Gasteiger partial charge in [-0.1, -0.05) is 15.9 Å². The normalized spacial score (nSPS) is 18.6. The molecule has 0 aromatic heterocycles. The summed E-state index contributed by atoms with van der Waals surface area (Å²) in [7, 11) is 1.61. The standard InChI is InChI=1S/C23H28BrFN2O4/c1-23(2,3)31-22(28)27-14-16(25)12-17(27)13-26-20-10-5-15(24)11-21(20)30-19-8-6-18(29-4)7-9-19/h5-11,16-17,26H,12-14H2,1-4H3/t16-,17+/m1/s1. The molecule has 1 N–H and O–H groups in total. The number of nitrogens with one attached hydrogen (secondary N) is 1. The summed E-state index contributed by atoms with van der Waals surface area (Å²) < 4.78 is 31.6. The lowest BCUT2D eigenvalue weighted by Crippen LogP contribution is -2.42. The van der Waals surface area contributed by atoms with Crippen LogP contribution in [0.15, 0.2) is 46.9 Å². The van der Waals surface area contributed by atoms with Gasteiger partial charge in [0, 0.05) is 17.4 Å². The number of amides is 1. The zero-order valence-electron chi connectivity index (χ0n) is 18.2. The molecule has 0 spiro atoms. The van der Waals surface area contributed by atoms with Crippen molar-refractivity contribution >= 4 is 27.7 Å². The lowest BCUT2D eigenvalue weighted by atomic mass is 10.2. The van der Waals surface area contributed by atoms with Crippen LogP contribution in [0.4, 0.5) is 14.9 Å². The maximum Gasteiger partial charge on any atom is 0.410 e. The molecule has 0 radical (unpaired) electrons. The molecule has 31 heavy (non-hydrogen) atoms. The highest BCUT2D eigenvalue weighted by Gasteiger charge is 2.37. The topological polar surface area (TPSA) is 60.0 Å². The lowest BCUT2D eigenvalue weighted by Gasteiger charge is -2.28. The van der Waals surface area contributed by atoms with E-state index >= 15 is 0 Å². The van der Waals surface area contributed by atoms with Crippen LogP contribution in [0.3, 0.4) is 0 Å². The molecule has 1 aliphatic rings. The first-order valence-electron chi connectivity index (χ1n) is 10.1. The number of ether oxygens (including phenoxy) is 3. The van der Waals surface area contributed by atoms with Gasteiger partial charge in [0.2, 0.25) is 0 Å². The van der Waals surface area contributed by atoms with E-state index in [2.05, 4.69) is 21.2 Å². The van der Waals surface area contributed by atoms with E-state index < -0.39 is 17.9 Å². The molecule has 1 fully saturated rings. The molecule has 0 aliphatic carbocycles. The molecule has 0 saturated carbocycles. The Labute approximate surface area is 190 Å². The first-order chi connectivity index (χ1) is 14.6. The van der Waals surface area contributed by atoms with Crippen molar-refractivity contribution in [2.24, 2.45) is 0 Å². The quantitative estimate of drug-likeness (QED) is 0.532. The van der Waals surface area contributed by atoms with Gasteiger partial charge in [0.1, 0.15) is 23.3 Å². The third-order valence-corrected chi connectivity index (χ3v) is 5.24. The minimum atomic E-state index is -1.07. The van der Waals surface area contributed by atoms with Crippen LogP contribution in [0.5, 0.6) is 17.2 Å². The summed E-state index contributed by atoms with van der Waals surface area (Å²) in [6.07, 6.45) is -1.30. The van der Waals surface area contributed by atoms with Crippen molar-refractivity contribution in [3.8, 4) is 17.2 Å². The highest BCUT2D eigenvalue weighted by atomic mass is 79.9. The van der Waals surface area contributed by atoms with E-state index in [9.17, 15) is 9.18 Å². The molecule has 1 saturated heterocycles. The molecule has 0 bridgehead atoms. The van der Waals surface area contributed by atoms with Crippen LogP contribution in [0, 0.1) is 0 Å². The van der Waals surface area contributed by atoms with Crippen molar-refractivity contribution in [2.45, 2.75) is 45.0 Å². The van der Waals surface area contributed by atoms with Gasteiger partial charge in [-0.25, -0.2) is 9.18 Å². The molecule has 8 heteroatoms. The van der Waals surface area contributed by atoms with Crippen molar-refractivity contribution in [1.82, 2.24) is 4.90 Å². The number of halogens is 2. The fraction of sp³-hybridized carbons (Fsp3) is 0.435. The van der Waals surface area contributed by atoms with E-state index in [0.717, 1.165) is 15.9 Å². The van der Waals surface area contributed by atoms with Crippen LogP contribution in [0.1, 0.15) is 27.2 Å². The minimum absolute atomic E-state index is 0.0385. The number of nitrogens with zero attached hydrogens (tertiary/aromatic N) is 1. The molecule has 2 aromatic rings. The molecule has 3 rings (SSSR count). The van der Waals surface area contributed by atoms with Gasteiger partial charge < -0.3 is 24.4 Å². The zero-order chi connectivity index (χ0) is 22.6. The summed E-state index contributed by atoms with van der Waals surface area (Å²) in [6, 6.07) is 12.6. The van der Waals surface area contributed by atoms with E-state index in [0.29, 0.717) is 18.0 Å². The number of benzene rings is 2. The van der Waals surface area contributed by atoms with Gasteiger partial charge in [0.25, 0.3) is 0 Å². The summed E-state index contributed by atoms with van der Waals surface area (Å²) in [5.74, 6) is 2.00. The Bertz CT molecular complexity index is 901. The molecule has 2 atom stereocenters. The van der Waals surface area contributed by atoms with Crippen molar-refractivity contribution in [3.63, 3.8) is 0 Å². The summed E-state index contributed by atoms with van der Waals surface area (Å²) >= 11 is 3.47. The van der Waals surface area contributed by atoms with Gasteiger partial charge in [-0.3, -0.25) is 0 Å². The zero-order valence-corrected chi connectivity index (χ0v) is 19.7. The molecule has 168 valence electrons. The summed E-state index contributed by atoms with van der Waals surface area (Å²) in [5.41, 5.74) is 0.111. The predicted molar refractivity (Wildman–Crippen MR) is 122 cm³/mol. The number of hydrogen-bond donors (Lipinski definition) is 1. The second-order valence-corrected chi connectivity index (χ2v) is 9.33. The molecule has 1 amide bonds. The fourth-order valence-electron chi connectivity index (χ4n) is 3.32. The van der Waals surface area contributed by atoms with E-state index in [4.69, 9.17) is 14.2 Å². The average Bonchev–Trinajstić information content (AvgIpc) is 3.07. The molecule has 1 aliphatic heterocycles. The summed E-state index contributed by atoms with van der Waals surface area (Å²) in [6.45, 7) is 5.81. The molecule has 2 aromatic carbocycles. The second kappa shape index (κ2) is 9.77. The van der Waals surface area contributed by atoms with E-state index in [-0.39, 0.29) is 19.0 Å². The monoisotopic (exact) mass is 494 g/mol. The SMILES string of the molecule is COc1ccc(Oc2cc(Br)ccc2NC[C@@H]2C[C@@H](F)CN2C(=O)OC(C)(C)C)cc1. The average molecular weight is 495 g/mol. The first-order valence-corrected chi connectivity index (χ1v) is 10.9. The lowest BCUT2D eigenvalue weighted by molar-refractivity contribution is 0.0226. The largest absolute Gasteiger partial charge is 0.497 e. The molecule has 1 heterocycles. The van der Waals surface area contributed by atoms with Gasteiger partial charge in [-0.05, 0) is 63.2 Å². The Morgan fingerprint density at radius 3 is 2.52 bits per heavy atom. The Kier molecular flexibility index (Phi) is 7.30. The first kappa shape index (κ1) is 23.2. The number of methoxy groups -OCH3 is 1. The maximum atomic E-state index is 14.1. The Balaban J connectivity index is 1.71. The molecule has 6 nitrogen and oxygen atoms in total. The number of hydrogen-bond acceptors (Lipinski definition) is 5. The number of alkyl halides is 1. The van der Waals surface area contributed by atoms with Crippen LogP contribution in [-0.2, 0) is 4.74 Å². The molecular weight excluding hydrogens is 467 g/mol. The van der Waals surface area contributed by atoms with E-state index in [1.54, 1.807) is 27.9 Å². The van der Waals surface area contributed by atoms with Crippen LogP contribution in [0.25, 0.3) is 0 Å². The van der Waals surface area contributed by atoms with E-state index in [1.807, 2.05) is 42.5 Å². The highest BCUT2D eigenvalue weighted by Crippen LogP contribution is 2.34. The van der Waals surface area contributed by atoms with Crippen molar-refractivity contribution in [1.29, 1.82) is 0 Å². The second-order valence-electron chi connectivity index (χ2n) is 8.42. The van der Waals surface area contributed by atoms with Crippen molar-refractivity contribution < 1.29 is 23.4 Å². The van der Waals surface area contributed by atoms with Gasteiger partial charge in [0.15, 0.2) is 5.75 Å². The number of likely N-dealkylation sites (tertiary alicyclic amines) is 1. The molecular formula is C23H28BrFN2O4. The highest BCUT2D eigenvalue weighted by molar-refractivity contribution is 9.10. The van der Waals surface area contributed by atoms with Crippen molar-refractivity contribution in [3.05, 3.63) is 46.9 Å². The maximum absolute atomic E-state index is 14.1. The number of carbonyl (C=O) groups excluding carboxylic acids is 1. The fourth-order valence-corrected chi connectivity index (χ4v) is 3.66.